The number of benzene rings is 1. The predicted octanol–water partition coefficient (Wildman–Crippen LogP) is 2.98. The molecule has 0 spiro atoms. The minimum atomic E-state index is -0.288. The van der Waals surface area contributed by atoms with Gasteiger partial charge in [-0.15, -0.1) is 0 Å². The number of aromatic nitrogens is 1. The van der Waals surface area contributed by atoms with E-state index in [4.69, 9.17) is 4.74 Å². The number of hydrogen-bond acceptors (Lipinski definition) is 3. The third-order valence-corrected chi connectivity index (χ3v) is 3.37. The molecule has 4 nitrogen and oxygen atoms in total. The highest BCUT2D eigenvalue weighted by Crippen LogP contribution is 2.24. The van der Waals surface area contributed by atoms with Gasteiger partial charge in [-0.1, -0.05) is 6.92 Å². The normalized spacial score (nSPS) is 11.2. The summed E-state index contributed by atoms with van der Waals surface area (Å²) in [5.41, 5.74) is 2.34. The molecule has 0 unspecified atom stereocenters. The summed E-state index contributed by atoms with van der Waals surface area (Å²) in [7, 11) is 2.14. The Balaban J connectivity index is 2.14. The minimum absolute atomic E-state index is 0.288. The van der Waals surface area contributed by atoms with Gasteiger partial charge in [-0.05, 0) is 50.2 Å². The van der Waals surface area contributed by atoms with Gasteiger partial charge < -0.3 is 14.6 Å². The Kier molecular flexibility index (Phi) is 4.79. The van der Waals surface area contributed by atoms with Crippen LogP contribution in [-0.4, -0.2) is 36.0 Å². The Labute approximate surface area is 119 Å². The number of H-pyrrole nitrogens is 1. The molecular formula is C16H22N2O2. The number of aromatic amines is 1. The van der Waals surface area contributed by atoms with Gasteiger partial charge in [-0.25, -0.2) is 0 Å². The SMILES string of the molecule is CCCN(C)CCc1c[nH]c2ccc(OC(C)=O)cc12. The first-order chi connectivity index (χ1) is 9.60. The largest absolute Gasteiger partial charge is 0.427 e. The Morgan fingerprint density at radius 1 is 1.35 bits per heavy atom. The fourth-order valence-electron chi connectivity index (χ4n) is 2.40. The third kappa shape index (κ3) is 3.61. The number of likely N-dealkylation sites (N-methyl/N-ethyl adjacent to an activating group) is 1. The van der Waals surface area contributed by atoms with Crippen molar-refractivity contribution in [1.29, 1.82) is 0 Å². The van der Waals surface area contributed by atoms with Crippen LogP contribution in [0.4, 0.5) is 0 Å². The van der Waals surface area contributed by atoms with Crippen molar-refractivity contribution in [2.75, 3.05) is 20.1 Å². The van der Waals surface area contributed by atoms with Crippen LogP contribution in [0.2, 0.25) is 0 Å². The fraction of sp³-hybridized carbons (Fsp3) is 0.438. The van der Waals surface area contributed by atoms with E-state index < -0.39 is 0 Å². The molecule has 0 saturated heterocycles. The minimum Gasteiger partial charge on any atom is -0.427 e. The lowest BCUT2D eigenvalue weighted by molar-refractivity contribution is -0.131. The van der Waals surface area contributed by atoms with E-state index in [1.165, 1.54) is 18.9 Å². The standard InChI is InChI=1S/C16H22N2O2/c1-4-8-18(3)9-7-13-11-17-16-6-5-14(10-15(13)16)20-12(2)19/h5-6,10-11,17H,4,7-9H2,1-3H3. The van der Waals surface area contributed by atoms with Crippen molar-refractivity contribution < 1.29 is 9.53 Å². The molecule has 108 valence electrons. The molecule has 0 aliphatic heterocycles. The van der Waals surface area contributed by atoms with Gasteiger partial charge in [0.05, 0.1) is 0 Å². The summed E-state index contributed by atoms with van der Waals surface area (Å²) in [6, 6.07) is 5.70. The number of carbonyl (C=O) groups is 1. The molecule has 0 radical (unpaired) electrons. The number of hydrogen-bond donors (Lipinski definition) is 1. The average molecular weight is 274 g/mol. The van der Waals surface area contributed by atoms with Crippen molar-refractivity contribution in [2.45, 2.75) is 26.7 Å². The molecule has 4 heteroatoms. The molecule has 0 saturated carbocycles. The molecule has 1 aromatic heterocycles. The third-order valence-electron chi connectivity index (χ3n) is 3.37. The van der Waals surface area contributed by atoms with Crippen LogP contribution in [0.1, 0.15) is 25.8 Å². The first-order valence-corrected chi connectivity index (χ1v) is 7.07. The first-order valence-electron chi connectivity index (χ1n) is 7.07. The maximum atomic E-state index is 11.0. The zero-order valence-corrected chi connectivity index (χ0v) is 12.4. The van der Waals surface area contributed by atoms with E-state index in [0.29, 0.717) is 5.75 Å². The van der Waals surface area contributed by atoms with Crippen molar-refractivity contribution in [2.24, 2.45) is 0 Å². The van der Waals surface area contributed by atoms with Crippen LogP contribution >= 0.6 is 0 Å². The lowest BCUT2D eigenvalue weighted by atomic mass is 10.1. The van der Waals surface area contributed by atoms with Crippen molar-refractivity contribution in [3.8, 4) is 5.75 Å². The van der Waals surface area contributed by atoms with E-state index in [1.807, 2.05) is 24.4 Å². The number of rotatable bonds is 6. The molecule has 1 N–H and O–H groups in total. The second-order valence-electron chi connectivity index (χ2n) is 5.17. The number of esters is 1. The van der Waals surface area contributed by atoms with E-state index in [1.54, 1.807) is 0 Å². The van der Waals surface area contributed by atoms with Crippen LogP contribution in [0.5, 0.6) is 5.75 Å². The predicted molar refractivity (Wildman–Crippen MR) is 81.1 cm³/mol. The molecule has 0 bridgehead atoms. The lowest BCUT2D eigenvalue weighted by Crippen LogP contribution is -2.21. The van der Waals surface area contributed by atoms with Gasteiger partial charge in [0.25, 0.3) is 0 Å². The molecule has 2 rings (SSSR count). The van der Waals surface area contributed by atoms with Gasteiger partial charge in [0.1, 0.15) is 5.75 Å². The number of fused-ring (bicyclic) bond motifs is 1. The quantitative estimate of drug-likeness (QED) is 0.650. The summed E-state index contributed by atoms with van der Waals surface area (Å²) < 4.78 is 5.15. The zero-order chi connectivity index (χ0) is 14.5. The van der Waals surface area contributed by atoms with Crippen molar-refractivity contribution in [1.82, 2.24) is 9.88 Å². The van der Waals surface area contributed by atoms with Crippen LogP contribution in [0.3, 0.4) is 0 Å². The smallest absolute Gasteiger partial charge is 0.308 e. The molecule has 1 aromatic carbocycles. The van der Waals surface area contributed by atoms with Crippen molar-refractivity contribution >= 4 is 16.9 Å². The zero-order valence-electron chi connectivity index (χ0n) is 12.4. The molecular weight excluding hydrogens is 252 g/mol. The van der Waals surface area contributed by atoms with E-state index >= 15 is 0 Å². The summed E-state index contributed by atoms with van der Waals surface area (Å²) >= 11 is 0. The molecule has 20 heavy (non-hydrogen) atoms. The van der Waals surface area contributed by atoms with E-state index in [9.17, 15) is 4.79 Å². The number of nitrogens with one attached hydrogen (secondary N) is 1. The summed E-state index contributed by atoms with van der Waals surface area (Å²) in [6.45, 7) is 5.75. The van der Waals surface area contributed by atoms with Gasteiger partial charge in [0.2, 0.25) is 0 Å². The molecule has 0 fully saturated rings. The highest BCUT2D eigenvalue weighted by molar-refractivity contribution is 5.85. The molecule has 0 atom stereocenters. The van der Waals surface area contributed by atoms with Crippen molar-refractivity contribution in [3.05, 3.63) is 30.0 Å². The number of carbonyl (C=O) groups excluding carboxylic acids is 1. The average Bonchev–Trinajstić information content (AvgIpc) is 2.78. The second kappa shape index (κ2) is 6.57. The van der Waals surface area contributed by atoms with Crippen LogP contribution < -0.4 is 4.74 Å². The van der Waals surface area contributed by atoms with Gasteiger partial charge in [0.15, 0.2) is 0 Å². The van der Waals surface area contributed by atoms with Crippen molar-refractivity contribution in [3.63, 3.8) is 0 Å². The van der Waals surface area contributed by atoms with Crippen LogP contribution in [0.15, 0.2) is 24.4 Å². The Morgan fingerprint density at radius 3 is 2.85 bits per heavy atom. The summed E-state index contributed by atoms with van der Waals surface area (Å²) in [5.74, 6) is 0.317. The Hall–Kier alpha value is -1.81. The maximum absolute atomic E-state index is 11.0. The van der Waals surface area contributed by atoms with E-state index in [2.05, 4.69) is 23.9 Å². The highest BCUT2D eigenvalue weighted by Gasteiger charge is 2.07. The van der Waals surface area contributed by atoms with Crippen LogP contribution in [0.25, 0.3) is 10.9 Å². The van der Waals surface area contributed by atoms with Gasteiger partial charge in [0, 0.05) is 30.6 Å². The maximum Gasteiger partial charge on any atom is 0.308 e. The monoisotopic (exact) mass is 274 g/mol. The summed E-state index contributed by atoms with van der Waals surface area (Å²) in [4.78, 5) is 16.6. The molecule has 1 heterocycles. The second-order valence-corrected chi connectivity index (χ2v) is 5.17. The van der Waals surface area contributed by atoms with E-state index in [-0.39, 0.29) is 5.97 Å². The molecule has 0 aliphatic carbocycles. The fourth-order valence-corrected chi connectivity index (χ4v) is 2.40. The lowest BCUT2D eigenvalue weighted by Gasteiger charge is -2.14. The summed E-state index contributed by atoms with van der Waals surface area (Å²) in [6.07, 6.45) is 4.20. The molecule has 0 amide bonds. The molecule has 2 aromatic rings. The van der Waals surface area contributed by atoms with Gasteiger partial charge in [-0.3, -0.25) is 4.79 Å². The van der Waals surface area contributed by atoms with Crippen LogP contribution in [0, 0.1) is 0 Å². The Morgan fingerprint density at radius 2 is 2.15 bits per heavy atom. The number of ether oxygens (including phenoxy) is 1. The first kappa shape index (κ1) is 14.6. The topological polar surface area (TPSA) is 45.3 Å². The van der Waals surface area contributed by atoms with E-state index in [0.717, 1.165) is 30.4 Å². The molecule has 0 aliphatic rings. The summed E-state index contributed by atoms with van der Waals surface area (Å²) in [5, 5.41) is 1.13. The Bertz CT molecular complexity index is 589. The van der Waals surface area contributed by atoms with Gasteiger partial charge in [-0.2, -0.15) is 0 Å². The number of nitrogens with zero attached hydrogens (tertiary/aromatic N) is 1. The highest BCUT2D eigenvalue weighted by atomic mass is 16.5. The van der Waals surface area contributed by atoms with Crippen LogP contribution in [-0.2, 0) is 11.2 Å². The van der Waals surface area contributed by atoms with Gasteiger partial charge >= 0.3 is 5.97 Å².